The fourth-order valence-electron chi connectivity index (χ4n) is 7.35. The number of guanidine groups is 1. The lowest BCUT2D eigenvalue weighted by Gasteiger charge is -2.30. The van der Waals surface area contributed by atoms with Crippen LogP contribution < -0.4 is 83.1 Å². The van der Waals surface area contributed by atoms with E-state index in [4.69, 9.17) is 45.9 Å². The van der Waals surface area contributed by atoms with Crippen molar-refractivity contribution in [2.24, 2.45) is 50.9 Å². The molecule has 2 rings (SSSR count). The molecular weight excluding hydrogens is 943 g/mol. The number of nitrogens with zero attached hydrogens (tertiary/aromatic N) is 3. The Morgan fingerprint density at radius 1 is 0.806 bits per heavy atom. The van der Waals surface area contributed by atoms with Gasteiger partial charge < -0.3 is 98.1 Å². The average Bonchev–Trinajstić information content (AvgIpc) is 4.06. The summed E-state index contributed by atoms with van der Waals surface area (Å²) < 4.78 is 0. The fourth-order valence-corrected chi connectivity index (χ4v) is 7.35. The van der Waals surface area contributed by atoms with Crippen molar-refractivity contribution in [1.82, 2.24) is 52.1 Å². The van der Waals surface area contributed by atoms with Gasteiger partial charge in [-0.15, -0.1) is 0 Å². The predicted octanol–water partition coefficient (Wildman–Crippen LogP) is -7.70. The molecular formula is C43H77N19O10. The number of aromatic nitrogens is 2. The molecule has 25 N–H and O–H groups in total. The Balaban J connectivity index is 2.20. The minimum atomic E-state index is -1.56. The second kappa shape index (κ2) is 33.0. The number of rotatable bonds is 34. The molecule has 1 saturated heterocycles. The highest BCUT2D eigenvalue weighted by molar-refractivity contribution is 6.00. The first-order chi connectivity index (χ1) is 34.3. The molecule has 8 atom stereocenters. The van der Waals surface area contributed by atoms with Crippen LogP contribution in [-0.2, 0) is 49.6 Å². The summed E-state index contributed by atoms with van der Waals surface area (Å²) in [6, 6.07) is -8.68. The van der Waals surface area contributed by atoms with Gasteiger partial charge in [-0.3, -0.25) is 48.1 Å². The van der Waals surface area contributed by atoms with Gasteiger partial charge in [-0.25, -0.2) is 4.98 Å². The highest BCUT2D eigenvalue weighted by Gasteiger charge is 2.39. The molecule has 0 bridgehead atoms. The van der Waals surface area contributed by atoms with Gasteiger partial charge >= 0.3 is 0 Å². The number of amides is 9. The van der Waals surface area contributed by atoms with E-state index in [1.165, 1.54) is 30.4 Å². The molecule has 0 radical (unpaired) electrons. The van der Waals surface area contributed by atoms with Gasteiger partial charge in [0.1, 0.15) is 41.9 Å². The summed E-state index contributed by atoms with van der Waals surface area (Å²) in [5.74, 6) is -7.31. The van der Waals surface area contributed by atoms with E-state index in [1.54, 1.807) is 0 Å². The molecule has 29 nitrogen and oxygen atoms in total. The Morgan fingerprint density at radius 2 is 1.47 bits per heavy atom. The number of aromatic amines is 1. The maximum Gasteiger partial charge on any atom is 0.264 e. The number of primary amides is 1. The molecule has 1 aromatic heterocycles. The summed E-state index contributed by atoms with van der Waals surface area (Å²) >= 11 is 0. The number of aliphatic hydroxyl groups is 1. The van der Waals surface area contributed by atoms with Crippen LogP contribution in [0, 0.1) is 0 Å². The number of aliphatic imine (C=N–C) groups is 1. The first-order valence-corrected chi connectivity index (χ1v) is 23.9. The summed E-state index contributed by atoms with van der Waals surface area (Å²) in [6.45, 7) is 1.29. The van der Waals surface area contributed by atoms with Crippen molar-refractivity contribution < 1.29 is 48.3 Å². The van der Waals surface area contributed by atoms with Gasteiger partial charge in [-0.2, -0.15) is 0 Å². The van der Waals surface area contributed by atoms with Crippen LogP contribution >= 0.6 is 0 Å². The zero-order valence-electron chi connectivity index (χ0n) is 40.9. The summed E-state index contributed by atoms with van der Waals surface area (Å²) in [5, 5.41) is 27.9. The molecule has 1 aliphatic rings. The van der Waals surface area contributed by atoms with Crippen molar-refractivity contribution in [3.63, 3.8) is 0 Å². The predicted molar refractivity (Wildman–Crippen MR) is 263 cm³/mol. The van der Waals surface area contributed by atoms with Gasteiger partial charge in [-0.05, 0) is 90.8 Å². The largest absolute Gasteiger partial charge is 0.389 e. The summed E-state index contributed by atoms with van der Waals surface area (Å²) in [6.07, 6.45) is 5.99. The van der Waals surface area contributed by atoms with Gasteiger partial charge in [0.2, 0.25) is 47.3 Å². The highest BCUT2D eigenvalue weighted by Crippen LogP contribution is 2.20. The van der Waals surface area contributed by atoms with Gasteiger partial charge in [0.15, 0.2) is 5.96 Å². The van der Waals surface area contributed by atoms with Crippen LogP contribution in [0.25, 0.3) is 0 Å². The number of hydrogen-bond acceptors (Lipinski definition) is 17. The Kier molecular flexibility index (Phi) is 28.1. The molecule has 0 aliphatic carbocycles. The lowest BCUT2D eigenvalue weighted by molar-refractivity contribution is -0.142. The van der Waals surface area contributed by atoms with Crippen molar-refractivity contribution in [2.45, 2.75) is 132 Å². The number of unbranched alkanes of at least 4 members (excludes halogenated alkanes) is 2. The fraction of sp³-hybridized carbons (Fsp3) is 0.651. The first kappa shape index (κ1) is 61.3. The van der Waals surface area contributed by atoms with Gasteiger partial charge in [0.25, 0.3) is 5.91 Å². The van der Waals surface area contributed by atoms with Crippen molar-refractivity contribution in [3.8, 4) is 0 Å². The Morgan fingerprint density at radius 3 is 2.08 bits per heavy atom. The van der Waals surface area contributed by atoms with Gasteiger partial charge in [0.05, 0.1) is 25.0 Å². The minimum absolute atomic E-state index is 0.0565. The molecule has 72 heavy (non-hydrogen) atoms. The maximum absolute atomic E-state index is 14.2. The zero-order valence-corrected chi connectivity index (χ0v) is 40.9. The molecule has 2 heterocycles. The number of nitrogens with two attached hydrogens (primary N) is 8. The van der Waals surface area contributed by atoms with E-state index in [0.29, 0.717) is 50.9 Å². The number of nitrogens with one attached hydrogen (secondary N) is 8. The molecule has 1 aliphatic heterocycles. The van der Waals surface area contributed by atoms with Crippen molar-refractivity contribution in [3.05, 3.63) is 30.0 Å². The van der Waals surface area contributed by atoms with Crippen LogP contribution in [0.5, 0.6) is 0 Å². The standard InChI is InChI=1S/C43H77N19O10/c1-24(56-41(71)34(32(63)20-47)61-37(67)26(48)9-2-4-14-44)36(66)54-22-33(64)57-29(11-6-16-46)42(72)62-18-8-13-31(62)40(70)60-30(19-25-21-52-23-55-25)39(69)59-28(10-3-5-15-45)38(68)58-27(35(49)65)12-7-17-53-43(50)51/h12,21,23-24,26,28-32,34,63H,2-11,13-20,22,44-48H2,1H3,(H2,49,65)(H,52,55)(H,54,66)(H,56,71)(H,57,64)(H,58,68)(H,59,69)(H,60,70)(H,61,67)(H4,50,51,53)/b27-12-/t24-,26?,28-,29+,30?,31-,32-,34-/m0/s1. The molecule has 0 spiro atoms. The van der Waals surface area contributed by atoms with Gasteiger partial charge in [0, 0.05) is 37.9 Å². The molecule has 404 valence electrons. The maximum atomic E-state index is 14.2. The van der Waals surface area contributed by atoms with Crippen LogP contribution in [0.15, 0.2) is 29.3 Å². The normalized spacial score (nSPS) is 16.3. The molecule has 2 unspecified atom stereocenters. The average molecular weight is 1020 g/mol. The Hall–Kier alpha value is -6.79. The lowest BCUT2D eigenvalue weighted by atomic mass is 10.1. The number of aliphatic hydroxyl groups excluding tert-OH is 1. The van der Waals surface area contributed by atoms with Crippen LogP contribution in [0.4, 0.5) is 0 Å². The molecule has 0 saturated carbocycles. The van der Waals surface area contributed by atoms with E-state index in [-0.39, 0.29) is 76.2 Å². The van der Waals surface area contributed by atoms with Crippen LogP contribution in [0.2, 0.25) is 0 Å². The van der Waals surface area contributed by atoms with E-state index in [2.05, 4.69) is 52.2 Å². The van der Waals surface area contributed by atoms with Crippen molar-refractivity contribution >= 4 is 59.1 Å². The number of likely N-dealkylation sites (tertiary alicyclic amines) is 1. The number of imidazole rings is 1. The van der Waals surface area contributed by atoms with E-state index in [1.807, 2.05) is 0 Å². The molecule has 0 aromatic carbocycles. The molecule has 1 aromatic rings. The molecule has 9 amide bonds. The van der Waals surface area contributed by atoms with Gasteiger partial charge in [-0.1, -0.05) is 12.5 Å². The summed E-state index contributed by atoms with van der Waals surface area (Å²) in [7, 11) is 0. The molecule has 1 fully saturated rings. The topological polar surface area (TPSA) is 511 Å². The number of H-pyrrole nitrogens is 1. The van der Waals surface area contributed by atoms with Crippen LogP contribution in [-0.4, -0.2) is 173 Å². The van der Waals surface area contributed by atoms with E-state index >= 15 is 0 Å². The van der Waals surface area contributed by atoms with E-state index in [0.717, 1.165) is 0 Å². The van der Waals surface area contributed by atoms with Crippen molar-refractivity contribution in [1.29, 1.82) is 0 Å². The highest BCUT2D eigenvalue weighted by atomic mass is 16.3. The van der Waals surface area contributed by atoms with Crippen LogP contribution in [0.1, 0.15) is 83.2 Å². The second-order valence-corrected chi connectivity index (χ2v) is 17.1. The zero-order chi connectivity index (χ0) is 53.8. The second-order valence-electron chi connectivity index (χ2n) is 17.1. The Labute approximate surface area is 417 Å². The third kappa shape index (κ3) is 21.7. The number of carbonyl (C=O) groups excluding carboxylic acids is 9. The third-order valence-electron chi connectivity index (χ3n) is 11.3. The molecule has 29 heteroatoms. The third-order valence-corrected chi connectivity index (χ3v) is 11.3. The van der Waals surface area contributed by atoms with Crippen LogP contribution in [0.3, 0.4) is 0 Å². The monoisotopic (exact) mass is 1020 g/mol. The number of carbonyl (C=O) groups is 9. The van der Waals surface area contributed by atoms with E-state index in [9.17, 15) is 48.3 Å². The lowest BCUT2D eigenvalue weighted by Crippen LogP contribution is -2.60. The number of hydrogen-bond donors (Lipinski definition) is 17. The minimum Gasteiger partial charge on any atom is -0.389 e. The summed E-state index contributed by atoms with van der Waals surface area (Å²) in [5.41, 5.74) is 44.8. The quantitative estimate of drug-likeness (QED) is 0.0132. The smallest absolute Gasteiger partial charge is 0.264 e. The summed E-state index contributed by atoms with van der Waals surface area (Å²) in [4.78, 5) is 132. The Bertz CT molecular complexity index is 2000. The van der Waals surface area contributed by atoms with E-state index < -0.39 is 115 Å². The van der Waals surface area contributed by atoms with Crippen molar-refractivity contribution in [2.75, 3.05) is 45.8 Å². The SMILES string of the molecule is C[C@H](NC(=O)[C@@H](NC(=O)C(N)CCCCN)[C@@H](O)CN)C(=O)NCC(=O)N[C@H](CCCN)C(=O)N1CCC[C@H]1C(=O)NC(Cc1cnc[nH]1)C(=O)N[C@@H](CCCCN)C(=O)N/C(=C\CCN=C(N)N)C(N)=O. The first-order valence-electron chi connectivity index (χ1n) is 23.9.